The zero-order valence-electron chi connectivity index (χ0n) is 9.97. The minimum atomic E-state index is -0.404. The number of benzene rings is 1. The molecule has 0 radical (unpaired) electrons. The Bertz CT molecular complexity index is 479. The lowest BCUT2D eigenvalue weighted by molar-refractivity contribution is 0.0596. The van der Waals surface area contributed by atoms with Gasteiger partial charge < -0.3 is 9.84 Å². The van der Waals surface area contributed by atoms with Gasteiger partial charge in [0.2, 0.25) is 0 Å². The average Bonchev–Trinajstić information content (AvgIpc) is 2.36. The van der Waals surface area contributed by atoms with Crippen molar-refractivity contribution < 1.29 is 9.84 Å². The van der Waals surface area contributed by atoms with E-state index in [-0.39, 0.29) is 0 Å². The van der Waals surface area contributed by atoms with Crippen LogP contribution in [0.5, 0.6) is 0 Å². The molecule has 1 heterocycles. The van der Waals surface area contributed by atoms with Crippen LogP contribution >= 0.6 is 0 Å². The second-order valence-corrected chi connectivity index (χ2v) is 4.14. The summed E-state index contributed by atoms with van der Waals surface area (Å²) in [5, 5.41) is 10.8. The molecule has 90 valence electrons. The Morgan fingerprint density at radius 1 is 1.29 bits per heavy atom. The van der Waals surface area contributed by atoms with Crippen LogP contribution in [-0.4, -0.2) is 29.9 Å². The standard InChI is InChI=1S/C14H17NO2/c1-17-10-13(16)8-7-12-5-2-4-11-6-3-9-15-14(11)12/h2-6,9,13,16H,7-8,10H2,1H3. The number of para-hydroxylation sites is 1. The molecule has 1 aromatic carbocycles. The molecule has 0 aliphatic heterocycles. The van der Waals surface area contributed by atoms with E-state index in [1.54, 1.807) is 13.3 Å². The number of aliphatic hydroxyl groups excluding tert-OH is 1. The molecule has 0 spiro atoms. The van der Waals surface area contributed by atoms with Crippen molar-refractivity contribution in [3.05, 3.63) is 42.1 Å². The zero-order chi connectivity index (χ0) is 12.1. The highest BCUT2D eigenvalue weighted by Crippen LogP contribution is 2.17. The monoisotopic (exact) mass is 231 g/mol. The Morgan fingerprint density at radius 2 is 2.12 bits per heavy atom. The second-order valence-electron chi connectivity index (χ2n) is 4.14. The Morgan fingerprint density at radius 3 is 2.94 bits per heavy atom. The van der Waals surface area contributed by atoms with Gasteiger partial charge in [-0.2, -0.15) is 0 Å². The number of fused-ring (bicyclic) bond motifs is 1. The number of rotatable bonds is 5. The molecular formula is C14H17NO2. The maximum atomic E-state index is 9.64. The summed E-state index contributed by atoms with van der Waals surface area (Å²) >= 11 is 0. The van der Waals surface area contributed by atoms with Gasteiger partial charge in [-0.05, 0) is 24.5 Å². The van der Waals surface area contributed by atoms with Gasteiger partial charge in [-0.25, -0.2) is 0 Å². The summed E-state index contributed by atoms with van der Waals surface area (Å²) in [6.07, 6.45) is 2.92. The molecule has 0 amide bonds. The van der Waals surface area contributed by atoms with E-state index in [1.807, 2.05) is 12.1 Å². The molecule has 1 aromatic heterocycles. The lowest BCUT2D eigenvalue weighted by Gasteiger charge is -2.10. The molecule has 0 bridgehead atoms. The molecule has 1 N–H and O–H groups in total. The summed E-state index contributed by atoms with van der Waals surface area (Å²) < 4.78 is 4.91. The van der Waals surface area contributed by atoms with E-state index in [2.05, 4.69) is 23.2 Å². The SMILES string of the molecule is COCC(O)CCc1cccc2cccnc12. The first-order chi connectivity index (χ1) is 8.31. The van der Waals surface area contributed by atoms with Gasteiger partial charge in [0.25, 0.3) is 0 Å². The Balaban J connectivity index is 2.13. The predicted octanol–water partition coefficient (Wildman–Crippen LogP) is 2.17. The minimum Gasteiger partial charge on any atom is -0.391 e. The van der Waals surface area contributed by atoms with E-state index in [9.17, 15) is 5.11 Å². The number of aryl methyl sites for hydroxylation is 1. The van der Waals surface area contributed by atoms with E-state index in [1.165, 1.54) is 5.56 Å². The van der Waals surface area contributed by atoms with Crippen LogP contribution in [0.4, 0.5) is 0 Å². The number of pyridine rings is 1. The normalized spacial score (nSPS) is 12.8. The van der Waals surface area contributed by atoms with Crippen molar-refractivity contribution in [2.75, 3.05) is 13.7 Å². The molecule has 2 rings (SSSR count). The van der Waals surface area contributed by atoms with Crippen LogP contribution in [0.1, 0.15) is 12.0 Å². The number of ether oxygens (including phenoxy) is 1. The first-order valence-corrected chi connectivity index (χ1v) is 5.81. The fraction of sp³-hybridized carbons (Fsp3) is 0.357. The van der Waals surface area contributed by atoms with Gasteiger partial charge in [-0.15, -0.1) is 0 Å². The van der Waals surface area contributed by atoms with Crippen LogP contribution < -0.4 is 0 Å². The lowest BCUT2D eigenvalue weighted by Crippen LogP contribution is -2.14. The number of nitrogens with zero attached hydrogens (tertiary/aromatic N) is 1. The van der Waals surface area contributed by atoms with E-state index >= 15 is 0 Å². The molecule has 0 aliphatic rings. The third-order valence-electron chi connectivity index (χ3n) is 2.82. The van der Waals surface area contributed by atoms with Gasteiger partial charge >= 0.3 is 0 Å². The maximum Gasteiger partial charge on any atom is 0.0776 e. The van der Waals surface area contributed by atoms with E-state index in [0.29, 0.717) is 13.0 Å². The molecule has 3 heteroatoms. The van der Waals surface area contributed by atoms with Crippen molar-refractivity contribution in [1.82, 2.24) is 4.98 Å². The first kappa shape index (κ1) is 12.0. The van der Waals surface area contributed by atoms with E-state index < -0.39 is 6.10 Å². The summed E-state index contributed by atoms with van der Waals surface area (Å²) in [6.45, 7) is 0.387. The summed E-state index contributed by atoms with van der Waals surface area (Å²) in [5.41, 5.74) is 2.21. The number of aliphatic hydroxyl groups is 1. The average molecular weight is 231 g/mol. The molecule has 3 nitrogen and oxygen atoms in total. The third-order valence-corrected chi connectivity index (χ3v) is 2.82. The van der Waals surface area contributed by atoms with Crippen LogP contribution in [0.15, 0.2) is 36.5 Å². The maximum absolute atomic E-state index is 9.64. The summed E-state index contributed by atoms with van der Waals surface area (Å²) in [5.74, 6) is 0. The van der Waals surface area contributed by atoms with Crippen molar-refractivity contribution in [1.29, 1.82) is 0 Å². The molecule has 2 aromatic rings. The molecule has 1 atom stereocenters. The highest BCUT2D eigenvalue weighted by molar-refractivity contribution is 5.81. The lowest BCUT2D eigenvalue weighted by atomic mass is 10.0. The van der Waals surface area contributed by atoms with Crippen molar-refractivity contribution in [3.8, 4) is 0 Å². The van der Waals surface area contributed by atoms with Crippen LogP contribution in [-0.2, 0) is 11.2 Å². The first-order valence-electron chi connectivity index (χ1n) is 5.81. The van der Waals surface area contributed by atoms with E-state index in [4.69, 9.17) is 4.74 Å². The van der Waals surface area contributed by atoms with Gasteiger partial charge in [0.1, 0.15) is 0 Å². The second kappa shape index (κ2) is 5.75. The van der Waals surface area contributed by atoms with Gasteiger partial charge in [-0.1, -0.05) is 24.3 Å². The highest BCUT2D eigenvalue weighted by atomic mass is 16.5. The van der Waals surface area contributed by atoms with Gasteiger partial charge in [0, 0.05) is 18.7 Å². The number of methoxy groups -OCH3 is 1. The smallest absolute Gasteiger partial charge is 0.0776 e. The number of hydrogen-bond acceptors (Lipinski definition) is 3. The van der Waals surface area contributed by atoms with E-state index in [0.717, 1.165) is 17.3 Å². The predicted molar refractivity (Wildman–Crippen MR) is 67.9 cm³/mol. The summed E-state index contributed by atoms with van der Waals surface area (Å²) in [7, 11) is 1.60. The summed E-state index contributed by atoms with van der Waals surface area (Å²) in [4.78, 5) is 4.39. The Hall–Kier alpha value is -1.45. The van der Waals surface area contributed by atoms with Gasteiger partial charge in [-0.3, -0.25) is 4.98 Å². The Kier molecular flexibility index (Phi) is 4.07. The van der Waals surface area contributed by atoms with Crippen LogP contribution in [0, 0.1) is 0 Å². The highest BCUT2D eigenvalue weighted by Gasteiger charge is 2.06. The fourth-order valence-corrected chi connectivity index (χ4v) is 1.97. The van der Waals surface area contributed by atoms with Gasteiger partial charge in [0.05, 0.1) is 18.2 Å². The molecular weight excluding hydrogens is 214 g/mol. The minimum absolute atomic E-state index is 0.387. The molecule has 1 unspecified atom stereocenters. The fourth-order valence-electron chi connectivity index (χ4n) is 1.97. The molecule has 0 fully saturated rings. The molecule has 0 saturated heterocycles. The van der Waals surface area contributed by atoms with Gasteiger partial charge in [0.15, 0.2) is 0 Å². The number of aromatic nitrogens is 1. The van der Waals surface area contributed by atoms with Crippen LogP contribution in [0.2, 0.25) is 0 Å². The Labute approximate surface area is 101 Å². The molecule has 17 heavy (non-hydrogen) atoms. The topological polar surface area (TPSA) is 42.4 Å². The van der Waals surface area contributed by atoms with Crippen LogP contribution in [0.3, 0.4) is 0 Å². The third kappa shape index (κ3) is 3.02. The largest absolute Gasteiger partial charge is 0.391 e. The molecule has 0 aliphatic carbocycles. The number of hydrogen-bond donors (Lipinski definition) is 1. The zero-order valence-corrected chi connectivity index (χ0v) is 9.97. The quantitative estimate of drug-likeness (QED) is 0.857. The van der Waals surface area contributed by atoms with Crippen molar-refractivity contribution in [2.24, 2.45) is 0 Å². The molecule has 0 saturated carbocycles. The van der Waals surface area contributed by atoms with Crippen LogP contribution in [0.25, 0.3) is 10.9 Å². The van der Waals surface area contributed by atoms with Crippen molar-refractivity contribution in [3.63, 3.8) is 0 Å². The van der Waals surface area contributed by atoms with Crippen molar-refractivity contribution >= 4 is 10.9 Å². The summed E-state index contributed by atoms with van der Waals surface area (Å²) in [6, 6.07) is 10.1. The van der Waals surface area contributed by atoms with Crippen molar-refractivity contribution in [2.45, 2.75) is 18.9 Å².